The van der Waals surface area contributed by atoms with Gasteiger partial charge in [0.1, 0.15) is 0 Å². The van der Waals surface area contributed by atoms with E-state index in [0.29, 0.717) is 13.0 Å². The standard InChI is InChI=1S/C12H17BrN2O2/c1-3-10(14)12(16)15-11-6-4-5-9(13)8(11)7-17-2/h4-6,10H,3,7,14H2,1-2H3,(H,15,16)/t10-/m1/s1. The van der Waals surface area contributed by atoms with Crippen molar-refractivity contribution in [2.75, 3.05) is 12.4 Å². The quantitative estimate of drug-likeness (QED) is 0.877. The fourth-order valence-corrected chi connectivity index (χ4v) is 1.86. The molecule has 1 atom stereocenters. The molecule has 4 nitrogen and oxygen atoms in total. The molecular formula is C12H17BrN2O2. The maximum atomic E-state index is 11.7. The maximum Gasteiger partial charge on any atom is 0.241 e. The summed E-state index contributed by atoms with van der Waals surface area (Å²) < 4.78 is 6.01. The summed E-state index contributed by atoms with van der Waals surface area (Å²) in [6.45, 7) is 2.31. The molecule has 0 saturated heterocycles. The zero-order valence-electron chi connectivity index (χ0n) is 10.00. The summed E-state index contributed by atoms with van der Waals surface area (Å²) in [6, 6.07) is 5.11. The van der Waals surface area contributed by atoms with Crippen LogP contribution in [-0.4, -0.2) is 19.1 Å². The number of halogens is 1. The minimum Gasteiger partial charge on any atom is -0.380 e. The van der Waals surface area contributed by atoms with Crippen LogP contribution in [-0.2, 0) is 16.1 Å². The topological polar surface area (TPSA) is 64.4 Å². The van der Waals surface area contributed by atoms with Gasteiger partial charge in [-0.15, -0.1) is 0 Å². The Morgan fingerprint density at radius 3 is 2.88 bits per heavy atom. The van der Waals surface area contributed by atoms with Gasteiger partial charge in [0.25, 0.3) is 0 Å². The number of anilines is 1. The smallest absolute Gasteiger partial charge is 0.241 e. The summed E-state index contributed by atoms with van der Waals surface area (Å²) >= 11 is 3.43. The van der Waals surface area contributed by atoms with Crippen molar-refractivity contribution < 1.29 is 9.53 Å². The third kappa shape index (κ3) is 3.80. The Bertz CT molecular complexity index is 396. The largest absolute Gasteiger partial charge is 0.380 e. The Labute approximate surface area is 110 Å². The van der Waals surface area contributed by atoms with Crippen LogP contribution < -0.4 is 11.1 Å². The first kappa shape index (κ1) is 14.2. The molecular weight excluding hydrogens is 284 g/mol. The molecule has 1 rings (SSSR count). The number of methoxy groups -OCH3 is 1. The number of ether oxygens (including phenoxy) is 1. The van der Waals surface area contributed by atoms with Crippen LogP contribution in [0.3, 0.4) is 0 Å². The molecule has 0 aromatic heterocycles. The van der Waals surface area contributed by atoms with Gasteiger partial charge in [0.2, 0.25) is 5.91 Å². The second-order valence-electron chi connectivity index (χ2n) is 3.70. The molecule has 1 aromatic rings. The summed E-state index contributed by atoms with van der Waals surface area (Å²) in [5, 5.41) is 2.81. The fourth-order valence-electron chi connectivity index (χ4n) is 1.38. The van der Waals surface area contributed by atoms with E-state index in [4.69, 9.17) is 10.5 Å². The van der Waals surface area contributed by atoms with Gasteiger partial charge in [-0.2, -0.15) is 0 Å². The van der Waals surface area contributed by atoms with E-state index in [-0.39, 0.29) is 5.91 Å². The monoisotopic (exact) mass is 300 g/mol. The summed E-state index contributed by atoms with van der Waals surface area (Å²) in [4.78, 5) is 11.7. The minimum absolute atomic E-state index is 0.178. The molecule has 17 heavy (non-hydrogen) atoms. The van der Waals surface area contributed by atoms with E-state index < -0.39 is 6.04 Å². The van der Waals surface area contributed by atoms with Gasteiger partial charge in [-0.3, -0.25) is 4.79 Å². The number of rotatable bonds is 5. The van der Waals surface area contributed by atoms with Crippen LogP contribution in [0.2, 0.25) is 0 Å². The molecule has 0 bridgehead atoms. The molecule has 3 N–H and O–H groups in total. The SMILES string of the molecule is CC[C@@H](N)C(=O)Nc1cccc(Br)c1COC. The Morgan fingerprint density at radius 1 is 1.59 bits per heavy atom. The third-order valence-corrected chi connectivity index (χ3v) is 3.18. The van der Waals surface area contributed by atoms with Gasteiger partial charge in [-0.1, -0.05) is 28.9 Å². The fraction of sp³-hybridized carbons (Fsp3) is 0.417. The first-order chi connectivity index (χ1) is 8.10. The highest BCUT2D eigenvalue weighted by atomic mass is 79.9. The number of benzene rings is 1. The maximum absolute atomic E-state index is 11.7. The van der Waals surface area contributed by atoms with Crippen molar-refractivity contribution in [3.63, 3.8) is 0 Å². The molecule has 0 aliphatic carbocycles. The molecule has 5 heteroatoms. The van der Waals surface area contributed by atoms with Gasteiger partial charge >= 0.3 is 0 Å². The van der Waals surface area contributed by atoms with E-state index in [1.165, 1.54) is 0 Å². The third-order valence-electron chi connectivity index (χ3n) is 2.44. The lowest BCUT2D eigenvalue weighted by Crippen LogP contribution is -2.35. The summed E-state index contributed by atoms with van der Waals surface area (Å²) in [5.41, 5.74) is 7.31. The van der Waals surface area contributed by atoms with Gasteiger partial charge < -0.3 is 15.8 Å². The lowest BCUT2D eigenvalue weighted by Gasteiger charge is -2.14. The van der Waals surface area contributed by atoms with Gasteiger partial charge in [0.15, 0.2) is 0 Å². The molecule has 1 aromatic carbocycles. The zero-order valence-corrected chi connectivity index (χ0v) is 11.6. The predicted molar refractivity (Wildman–Crippen MR) is 71.8 cm³/mol. The summed E-state index contributed by atoms with van der Waals surface area (Å²) in [6.07, 6.45) is 0.611. The molecule has 0 aliphatic rings. The van der Waals surface area contributed by atoms with Crippen LogP contribution in [0.4, 0.5) is 5.69 Å². The van der Waals surface area contributed by atoms with Crippen LogP contribution >= 0.6 is 15.9 Å². The number of hydrogen-bond donors (Lipinski definition) is 2. The molecule has 1 amide bonds. The lowest BCUT2D eigenvalue weighted by atomic mass is 10.1. The van der Waals surface area contributed by atoms with E-state index in [1.807, 2.05) is 25.1 Å². The Hall–Kier alpha value is -0.910. The number of nitrogens with two attached hydrogens (primary N) is 1. The number of nitrogens with one attached hydrogen (secondary N) is 1. The molecule has 0 unspecified atom stereocenters. The van der Waals surface area contributed by atoms with E-state index in [0.717, 1.165) is 15.7 Å². The second kappa shape index (κ2) is 6.74. The van der Waals surface area contributed by atoms with Crippen LogP contribution in [0, 0.1) is 0 Å². The van der Waals surface area contributed by atoms with E-state index >= 15 is 0 Å². The molecule has 0 radical (unpaired) electrons. The summed E-state index contributed by atoms with van der Waals surface area (Å²) in [7, 11) is 1.61. The van der Waals surface area contributed by atoms with E-state index in [2.05, 4.69) is 21.2 Å². The van der Waals surface area contributed by atoms with Crippen molar-refractivity contribution in [1.82, 2.24) is 0 Å². The number of carbonyl (C=O) groups excluding carboxylic acids is 1. The lowest BCUT2D eigenvalue weighted by molar-refractivity contribution is -0.117. The first-order valence-corrected chi connectivity index (χ1v) is 6.22. The minimum atomic E-state index is -0.482. The second-order valence-corrected chi connectivity index (χ2v) is 4.56. The van der Waals surface area contributed by atoms with Gasteiger partial charge in [0.05, 0.1) is 12.6 Å². The number of hydrogen-bond acceptors (Lipinski definition) is 3. The van der Waals surface area contributed by atoms with Crippen molar-refractivity contribution in [1.29, 1.82) is 0 Å². The first-order valence-electron chi connectivity index (χ1n) is 5.42. The highest BCUT2D eigenvalue weighted by Crippen LogP contribution is 2.25. The Kier molecular flexibility index (Phi) is 5.61. The van der Waals surface area contributed by atoms with Crippen LogP contribution in [0.5, 0.6) is 0 Å². The Morgan fingerprint density at radius 2 is 2.29 bits per heavy atom. The highest BCUT2D eigenvalue weighted by molar-refractivity contribution is 9.10. The molecule has 0 heterocycles. The van der Waals surface area contributed by atoms with E-state index in [9.17, 15) is 4.79 Å². The van der Waals surface area contributed by atoms with E-state index in [1.54, 1.807) is 7.11 Å². The molecule has 0 saturated carbocycles. The number of carbonyl (C=O) groups is 1. The van der Waals surface area contributed by atoms with Gasteiger partial charge in [-0.05, 0) is 18.6 Å². The molecule has 0 aliphatic heterocycles. The summed E-state index contributed by atoms with van der Waals surface area (Å²) in [5.74, 6) is -0.178. The normalized spacial score (nSPS) is 12.2. The van der Waals surface area contributed by atoms with Crippen molar-refractivity contribution >= 4 is 27.5 Å². The molecule has 94 valence electrons. The van der Waals surface area contributed by atoms with Crippen LogP contribution in [0.15, 0.2) is 22.7 Å². The Balaban J connectivity index is 2.90. The molecule has 0 spiro atoms. The predicted octanol–water partition coefficient (Wildman–Crippen LogP) is 2.27. The van der Waals surface area contributed by atoms with Crippen LogP contribution in [0.25, 0.3) is 0 Å². The van der Waals surface area contributed by atoms with Crippen molar-refractivity contribution in [2.45, 2.75) is 26.0 Å². The van der Waals surface area contributed by atoms with Crippen molar-refractivity contribution in [3.05, 3.63) is 28.2 Å². The average Bonchev–Trinajstić information content (AvgIpc) is 2.32. The number of amides is 1. The van der Waals surface area contributed by atoms with Crippen molar-refractivity contribution in [2.24, 2.45) is 5.73 Å². The van der Waals surface area contributed by atoms with Crippen LogP contribution in [0.1, 0.15) is 18.9 Å². The van der Waals surface area contributed by atoms with Gasteiger partial charge in [0, 0.05) is 22.8 Å². The van der Waals surface area contributed by atoms with Gasteiger partial charge in [-0.25, -0.2) is 0 Å². The highest BCUT2D eigenvalue weighted by Gasteiger charge is 2.14. The zero-order chi connectivity index (χ0) is 12.8. The molecule has 0 fully saturated rings. The average molecular weight is 301 g/mol. The van der Waals surface area contributed by atoms with Crippen molar-refractivity contribution in [3.8, 4) is 0 Å².